The zero-order valence-electron chi connectivity index (χ0n) is 77.4. The van der Waals surface area contributed by atoms with Crippen molar-refractivity contribution in [3.63, 3.8) is 0 Å². The molecule has 6 saturated heterocycles. The number of aromatic nitrogens is 21. The maximum absolute atomic E-state index is 13.2. The van der Waals surface area contributed by atoms with Crippen LogP contribution < -0.4 is 26.2 Å². The third-order valence-electron chi connectivity index (χ3n) is 24.9. The Balaban J connectivity index is 0.000000119. The first-order valence-corrected chi connectivity index (χ1v) is 46.5. The first-order valence-electron chi connectivity index (χ1n) is 46.5. The normalized spacial score (nSPS) is 16.4. The molecule has 42 nitrogen and oxygen atoms in total. The number of morpholine rings is 4. The second-order valence-electron chi connectivity index (χ2n) is 35.9. The first-order chi connectivity index (χ1) is 68.0. The van der Waals surface area contributed by atoms with E-state index < -0.39 is 35.0 Å². The summed E-state index contributed by atoms with van der Waals surface area (Å²) in [4.78, 5) is 123. The molecule has 5 aromatic carbocycles. The standard InChI is InChI=1S/C26H35N7O4.C25H29N9O2.C23H21N7O3.C21H21F3N8O2/c1-26(2,3)37-25(35)33-8-6-18(7-9-33)24(34)30-21-15-27-31-22(21)23-28-19-5-4-17(14-20(19)29-23)16-32-10-12-36-13-11-32;35-24(18-4-8-34(9-5-18)25-26-6-1-7-27-25)31-21-15-28-32-22(21)23-29-19-3-2-17(14-20(19)30-23)16-33-10-12-36-13-11-33;31-23(21-15-3-1-2-4-16(15)29-33-21)27-19-12-24-28-20(19)22-25-17-6-5-14(11-18(17)26-22)13-30-7-9-32-10-8-30;1-11-26-17(18(27-11)21(22,23)24)20(33)30-15-9-25-31-16(15)19-28-13-3-2-12(8-14(13)29-19)10-32-4-6-34-7-5-32/h4-5,14-15,18H,6-13,16H2,1-3H3,(H,27,31)(H,28,29)(H,30,34);1-3,6-7,14-15,18H,4-5,8-13,16H2,(H,28,32)(H,29,30)(H,31,35);1-6,11-12H,7-10,13H2,(H,24,28)(H,25,26)(H,27,31);2-3,8-9H,4-7,10H2,1H3,(H,25,31)(H,26,27)(H,28,29)(H,30,33). The lowest BCUT2D eigenvalue weighted by atomic mass is 9.96. The molecule has 6 fully saturated rings. The van der Waals surface area contributed by atoms with Crippen LogP contribution in [0.2, 0.25) is 0 Å². The molecule has 17 heterocycles. The number of fused-ring (bicyclic) bond motifs is 5. The minimum Gasteiger partial charge on any atom is -0.444 e. The molecule has 6 aliphatic rings. The van der Waals surface area contributed by atoms with E-state index in [9.17, 15) is 37.1 Å². The molecular weight excluding hydrogens is 1810 g/mol. The van der Waals surface area contributed by atoms with Crippen molar-refractivity contribution in [1.82, 2.24) is 130 Å². The van der Waals surface area contributed by atoms with Crippen molar-refractivity contribution in [2.75, 3.05) is 158 Å². The number of amides is 5. The quantitative estimate of drug-likeness (QED) is 0.0318. The summed E-state index contributed by atoms with van der Waals surface area (Å²) < 4.78 is 72.2. The van der Waals surface area contributed by atoms with Gasteiger partial charge < -0.3 is 84.2 Å². The van der Waals surface area contributed by atoms with Crippen LogP contribution in [0, 0.1) is 18.8 Å². The Morgan fingerprint density at radius 1 is 0.429 bits per heavy atom. The number of piperidine rings is 2. The average molecular weight is 1920 g/mol. The summed E-state index contributed by atoms with van der Waals surface area (Å²) in [6.07, 6.45) is 7.13. The SMILES string of the molecule is CC(C)(C)OC(=O)N1CCC(C(=O)Nc2cn[nH]c2-c2nc3ccc(CN4CCOCC4)cc3[nH]2)CC1.Cc1nc(C(=O)Nc2cn[nH]c2-c2nc3ccc(CN4CCOCC4)cc3[nH]2)c(C(F)(F)F)[nH]1.O=C(Nc1cn[nH]c1-c1nc2ccc(CN3CCOCC3)cc2[nH]1)C1CCN(c2ncccn2)CC1.O=C(Nc1cn[nH]c1-c1nc2ccc(CN3CCOCC3)cc2[nH]1)c1onc2ccccc12. The third-order valence-corrected chi connectivity index (χ3v) is 24.9. The number of nitrogens with zero attached hydrogens (tertiary/aromatic N) is 18. The van der Waals surface area contributed by atoms with Gasteiger partial charge >= 0.3 is 12.3 Å². The fraction of sp³-hybridized carbons (Fsp3) is 0.379. The molecule has 0 atom stereocenters. The van der Waals surface area contributed by atoms with Gasteiger partial charge in [-0.1, -0.05) is 41.6 Å². The second-order valence-corrected chi connectivity index (χ2v) is 35.9. The number of alkyl halides is 3. The molecule has 0 spiro atoms. The highest BCUT2D eigenvalue weighted by molar-refractivity contribution is 6.11. The molecular formula is C95H106F3N31O11. The molecule has 11 aromatic heterocycles. The van der Waals surface area contributed by atoms with Crippen LogP contribution in [-0.2, 0) is 65.6 Å². The summed E-state index contributed by atoms with van der Waals surface area (Å²) in [5.41, 5.74) is 13.8. The van der Waals surface area contributed by atoms with Crippen LogP contribution in [-0.4, -0.2) is 297 Å². The van der Waals surface area contributed by atoms with Crippen LogP contribution in [0.5, 0.6) is 0 Å². The zero-order valence-corrected chi connectivity index (χ0v) is 77.4. The Kier molecular flexibility index (Phi) is 28.3. The van der Waals surface area contributed by atoms with Gasteiger partial charge in [-0.15, -0.1) is 0 Å². The van der Waals surface area contributed by atoms with Gasteiger partial charge in [-0.05, 0) is 142 Å². The van der Waals surface area contributed by atoms with Crippen LogP contribution in [0.15, 0.2) is 145 Å². The number of H-pyrrole nitrogens is 9. The van der Waals surface area contributed by atoms with Gasteiger partial charge in [-0.25, -0.2) is 39.7 Å². The number of anilines is 5. The maximum Gasteiger partial charge on any atom is 0.433 e. The molecule has 13 N–H and O–H groups in total. The number of halogens is 3. The lowest BCUT2D eigenvalue weighted by Gasteiger charge is -2.32. The van der Waals surface area contributed by atoms with Crippen molar-refractivity contribution in [2.24, 2.45) is 11.8 Å². The number of ether oxygens (including phenoxy) is 5. The highest BCUT2D eigenvalue weighted by atomic mass is 19.4. The summed E-state index contributed by atoms with van der Waals surface area (Å²) in [6.45, 7) is 26.2. The van der Waals surface area contributed by atoms with E-state index >= 15 is 0 Å². The molecule has 140 heavy (non-hydrogen) atoms. The zero-order chi connectivity index (χ0) is 96.4. The number of likely N-dealkylation sites (tertiary alicyclic amines) is 1. The number of imidazole rings is 5. The highest BCUT2D eigenvalue weighted by Crippen LogP contribution is 2.37. The number of carbonyl (C=O) groups is 5. The molecule has 0 saturated carbocycles. The van der Waals surface area contributed by atoms with Crippen LogP contribution in [0.3, 0.4) is 0 Å². The predicted molar refractivity (Wildman–Crippen MR) is 512 cm³/mol. The summed E-state index contributed by atoms with van der Waals surface area (Å²) in [6, 6.07) is 33.7. The number of aromatic amines is 9. The summed E-state index contributed by atoms with van der Waals surface area (Å²) >= 11 is 0. The van der Waals surface area contributed by atoms with Crippen molar-refractivity contribution in [1.29, 1.82) is 0 Å². The minimum atomic E-state index is -4.75. The van der Waals surface area contributed by atoms with Gasteiger partial charge in [0.05, 0.1) is 150 Å². The van der Waals surface area contributed by atoms with Gasteiger partial charge in [0, 0.05) is 129 Å². The smallest absolute Gasteiger partial charge is 0.433 e. The van der Waals surface area contributed by atoms with Crippen molar-refractivity contribution in [2.45, 2.75) is 91.3 Å². The Morgan fingerprint density at radius 3 is 1.17 bits per heavy atom. The number of benzene rings is 5. The lowest BCUT2D eigenvalue weighted by Crippen LogP contribution is -2.43. The van der Waals surface area contributed by atoms with E-state index in [0.29, 0.717) is 125 Å². The molecule has 0 aliphatic carbocycles. The van der Waals surface area contributed by atoms with Crippen LogP contribution in [0.4, 0.5) is 46.7 Å². The van der Waals surface area contributed by atoms with Crippen molar-refractivity contribution in [3.8, 4) is 46.1 Å². The molecule has 22 rings (SSSR count). The molecule has 5 amide bonds. The molecule has 0 bridgehead atoms. The topological polar surface area (TPSA) is 509 Å². The molecule has 6 aliphatic heterocycles. The molecule has 16 aromatic rings. The Morgan fingerprint density at radius 2 is 0.793 bits per heavy atom. The van der Waals surface area contributed by atoms with Gasteiger partial charge in [0.25, 0.3) is 11.8 Å². The Hall–Kier alpha value is -15.0. The number of aryl methyl sites for hydroxylation is 1. The van der Waals surface area contributed by atoms with Gasteiger partial charge in [0.1, 0.15) is 39.7 Å². The van der Waals surface area contributed by atoms with Gasteiger partial charge in [0.2, 0.25) is 23.5 Å². The van der Waals surface area contributed by atoms with Crippen LogP contribution in [0.1, 0.15) is 101 Å². The van der Waals surface area contributed by atoms with E-state index in [2.05, 4.69) is 178 Å². The van der Waals surface area contributed by atoms with Gasteiger partial charge in [0.15, 0.2) is 34.7 Å². The van der Waals surface area contributed by atoms with Crippen molar-refractivity contribution < 1.29 is 65.4 Å². The van der Waals surface area contributed by atoms with E-state index in [4.69, 9.17) is 38.2 Å². The molecule has 45 heteroatoms. The average Bonchev–Trinajstić information content (AvgIpc) is 1.63. The van der Waals surface area contributed by atoms with Gasteiger partial charge in [-0.3, -0.25) is 59.2 Å². The number of hydrogen-bond donors (Lipinski definition) is 13. The molecule has 0 radical (unpaired) electrons. The minimum absolute atomic E-state index is 0.00446. The predicted octanol–water partition coefficient (Wildman–Crippen LogP) is 12.1. The Bertz CT molecular complexity index is 7000. The van der Waals surface area contributed by atoms with E-state index in [-0.39, 0.29) is 47.0 Å². The number of nitrogens with one attached hydrogen (secondary N) is 13. The molecule has 728 valence electrons. The number of rotatable bonds is 21. The van der Waals surface area contributed by atoms with Crippen LogP contribution in [0.25, 0.3) is 101 Å². The summed E-state index contributed by atoms with van der Waals surface area (Å²) in [5.74, 6) is 1.31. The fourth-order valence-electron chi connectivity index (χ4n) is 17.6. The summed E-state index contributed by atoms with van der Waals surface area (Å²) in [5, 5.41) is 43.9. The van der Waals surface area contributed by atoms with E-state index in [1.807, 2.05) is 69.3 Å². The van der Waals surface area contributed by atoms with Gasteiger partial charge in [-0.2, -0.15) is 33.6 Å². The third kappa shape index (κ3) is 22.7. The fourth-order valence-corrected chi connectivity index (χ4v) is 17.6. The first kappa shape index (κ1) is 94.0. The largest absolute Gasteiger partial charge is 0.444 e. The lowest BCUT2D eigenvalue weighted by molar-refractivity contribution is -0.141. The van der Waals surface area contributed by atoms with Crippen LogP contribution >= 0.6 is 0 Å². The van der Waals surface area contributed by atoms with E-state index in [1.54, 1.807) is 54.1 Å². The number of carbonyl (C=O) groups excluding carboxylic acids is 5. The highest BCUT2D eigenvalue weighted by Gasteiger charge is 2.40. The van der Waals surface area contributed by atoms with E-state index in [1.165, 1.54) is 29.8 Å². The van der Waals surface area contributed by atoms with E-state index in [0.717, 1.165) is 188 Å². The van der Waals surface area contributed by atoms with Crippen molar-refractivity contribution in [3.05, 3.63) is 186 Å². The molecule has 0 unspecified atom stereocenters. The monoisotopic (exact) mass is 1910 g/mol. The summed E-state index contributed by atoms with van der Waals surface area (Å²) in [7, 11) is 0. The number of hydrogen-bond acceptors (Lipinski definition) is 28. The second kappa shape index (κ2) is 42.1. The maximum atomic E-state index is 13.2. The Labute approximate surface area is 797 Å². The van der Waals surface area contributed by atoms with Crippen molar-refractivity contribution >= 4 is 113 Å².